The molecule has 0 aliphatic heterocycles. The van der Waals surface area contributed by atoms with Gasteiger partial charge in [0, 0.05) is 5.56 Å². The van der Waals surface area contributed by atoms with Crippen molar-refractivity contribution in [1.82, 2.24) is 0 Å². The molecule has 2 aromatic rings. The van der Waals surface area contributed by atoms with E-state index in [2.05, 4.69) is 18.8 Å². The third kappa shape index (κ3) is 3.85. The van der Waals surface area contributed by atoms with Crippen LogP contribution >= 0.6 is 0 Å². The van der Waals surface area contributed by atoms with Crippen LogP contribution in [0.25, 0.3) is 0 Å². The van der Waals surface area contributed by atoms with Crippen molar-refractivity contribution in [3.05, 3.63) is 70.3 Å². The first-order valence-corrected chi connectivity index (χ1v) is 8.75. The van der Waals surface area contributed by atoms with E-state index in [-0.39, 0.29) is 11.6 Å². The first-order valence-electron chi connectivity index (χ1n) is 8.75. The van der Waals surface area contributed by atoms with Gasteiger partial charge in [0.15, 0.2) is 0 Å². The summed E-state index contributed by atoms with van der Waals surface area (Å²) in [5, 5.41) is 0. The van der Waals surface area contributed by atoms with Crippen LogP contribution in [0, 0.1) is 29.4 Å². The highest BCUT2D eigenvalue weighted by Crippen LogP contribution is 2.31. The Kier molecular flexibility index (Phi) is 5.30. The normalized spacial score (nSPS) is 16.2. The number of rotatable bonds is 3. The fraction of sp³-hybridized carbons (Fsp3) is 0.364. The van der Waals surface area contributed by atoms with Crippen LogP contribution < -0.4 is 0 Å². The maximum atomic E-state index is 14.7. The molecule has 1 aliphatic rings. The fourth-order valence-electron chi connectivity index (χ4n) is 3.39. The van der Waals surface area contributed by atoms with Crippen molar-refractivity contribution in [3.63, 3.8) is 0 Å². The average molecular weight is 324 g/mol. The van der Waals surface area contributed by atoms with Gasteiger partial charge in [-0.2, -0.15) is 0 Å². The SMILES string of the molecule is CCCCC1CCc2c(ccc(C#Cc3ccc(F)cc3)c2F)C1. The van der Waals surface area contributed by atoms with E-state index in [1.165, 1.54) is 31.4 Å². The summed E-state index contributed by atoms with van der Waals surface area (Å²) in [4.78, 5) is 0. The molecule has 2 aromatic carbocycles. The van der Waals surface area contributed by atoms with Gasteiger partial charge in [0.25, 0.3) is 0 Å². The summed E-state index contributed by atoms with van der Waals surface area (Å²) in [6.45, 7) is 2.21. The maximum Gasteiger partial charge on any atom is 0.142 e. The lowest BCUT2D eigenvalue weighted by Gasteiger charge is -2.25. The summed E-state index contributed by atoms with van der Waals surface area (Å²) < 4.78 is 27.6. The zero-order chi connectivity index (χ0) is 16.9. The van der Waals surface area contributed by atoms with E-state index in [0.717, 1.165) is 30.4 Å². The van der Waals surface area contributed by atoms with Gasteiger partial charge in [-0.05, 0) is 66.6 Å². The fourth-order valence-corrected chi connectivity index (χ4v) is 3.39. The van der Waals surface area contributed by atoms with Crippen LogP contribution in [-0.4, -0.2) is 0 Å². The molecule has 24 heavy (non-hydrogen) atoms. The van der Waals surface area contributed by atoms with Crippen molar-refractivity contribution >= 4 is 0 Å². The van der Waals surface area contributed by atoms with Crippen LogP contribution in [0.2, 0.25) is 0 Å². The second-order valence-electron chi connectivity index (χ2n) is 6.57. The van der Waals surface area contributed by atoms with Crippen molar-refractivity contribution in [3.8, 4) is 11.8 Å². The van der Waals surface area contributed by atoms with Gasteiger partial charge in [0.2, 0.25) is 0 Å². The van der Waals surface area contributed by atoms with E-state index < -0.39 is 0 Å². The second kappa shape index (κ2) is 7.62. The predicted octanol–water partition coefficient (Wildman–Crippen LogP) is 5.66. The third-order valence-electron chi connectivity index (χ3n) is 4.80. The van der Waals surface area contributed by atoms with Crippen molar-refractivity contribution < 1.29 is 8.78 Å². The van der Waals surface area contributed by atoms with Gasteiger partial charge in [0.1, 0.15) is 11.6 Å². The van der Waals surface area contributed by atoms with Crippen LogP contribution in [0.1, 0.15) is 54.9 Å². The van der Waals surface area contributed by atoms with Crippen molar-refractivity contribution in [2.75, 3.05) is 0 Å². The Morgan fingerprint density at radius 2 is 1.83 bits per heavy atom. The summed E-state index contributed by atoms with van der Waals surface area (Å²) >= 11 is 0. The average Bonchev–Trinajstić information content (AvgIpc) is 2.61. The Bertz CT molecular complexity index is 763. The molecule has 1 aliphatic carbocycles. The quantitative estimate of drug-likeness (QED) is 0.639. The smallest absolute Gasteiger partial charge is 0.142 e. The van der Waals surface area contributed by atoms with Crippen LogP contribution in [0.4, 0.5) is 8.78 Å². The summed E-state index contributed by atoms with van der Waals surface area (Å²) in [7, 11) is 0. The molecular weight excluding hydrogens is 302 g/mol. The zero-order valence-electron chi connectivity index (χ0n) is 14.0. The Morgan fingerprint density at radius 1 is 1.04 bits per heavy atom. The summed E-state index contributed by atoms with van der Waals surface area (Å²) in [6, 6.07) is 9.76. The minimum absolute atomic E-state index is 0.170. The molecule has 0 bridgehead atoms. The Labute approximate surface area is 142 Å². The van der Waals surface area contributed by atoms with Crippen LogP contribution in [-0.2, 0) is 12.8 Å². The van der Waals surface area contributed by atoms with Crippen molar-refractivity contribution in [2.24, 2.45) is 5.92 Å². The lowest BCUT2D eigenvalue weighted by atomic mass is 9.80. The van der Waals surface area contributed by atoms with Gasteiger partial charge >= 0.3 is 0 Å². The number of hydrogen-bond acceptors (Lipinski definition) is 0. The van der Waals surface area contributed by atoms with Crippen molar-refractivity contribution in [1.29, 1.82) is 0 Å². The molecule has 0 saturated heterocycles. The maximum absolute atomic E-state index is 14.7. The first-order chi connectivity index (χ1) is 11.7. The molecule has 0 radical (unpaired) electrons. The van der Waals surface area contributed by atoms with Crippen molar-refractivity contribution in [2.45, 2.75) is 45.4 Å². The van der Waals surface area contributed by atoms with Crippen LogP contribution in [0.15, 0.2) is 36.4 Å². The van der Waals surface area contributed by atoms with E-state index in [1.807, 2.05) is 6.07 Å². The van der Waals surface area contributed by atoms with Gasteiger partial charge in [-0.25, -0.2) is 8.78 Å². The van der Waals surface area contributed by atoms with Crippen LogP contribution in [0.5, 0.6) is 0 Å². The minimum atomic E-state index is -0.293. The van der Waals surface area contributed by atoms with E-state index in [1.54, 1.807) is 18.2 Å². The molecule has 0 nitrogen and oxygen atoms in total. The van der Waals surface area contributed by atoms with Crippen LogP contribution in [0.3, 0.4) is 0 Å². The molecule has 3 rings (SSSR count). The Hall–Kier alpha value is -2.14. The Morgan fingerprint density at radius 3 is 2.58 bits per heavy atom. The lowest BCUT2D eigenvalue weighted by molar-refractivity contribution is 0.405. The molecule has 124 valence electrons. The molecule has 0 amide bonds. The number of benzene rings is 2. The Balaban J connectivity index is 1.79. The number of unbranched alkanes of at least 4 members (excludes halogenated alkanes) is 1. The molecular formula is C22H22F2. The topological polar surface area (TPSA) is 0 Å². The largest absolute Gasteiger partial charge is 0.207 e. The third-order valence-corrected chi connectivity index (χ3v) is 4.80. The molecule has 0 saturated carbocycles. The summed E-state index contributed by atoms with van der Waals surface area (Å²) in [5.74, 6) is 6.04. The number of halogens is 2. The van der Waals surface area contributed by atoms with E-state index in [4.69, 9.17) is 0 Å². The second-order valence-corrected chi connectivity index (χ2v) is 6.57. The number of fused-ring (bicyclic) bond motifs is 1. The molecule has 0 N–H and O–H groups in total. The van der Waals surface area contributed by atoms with Gasteiger partial charge < -0.3 is 0 Å². The van der Waals surface area contributed by atoms with Gasteiger partial charge in [-0.3, -0.25) is 0 Å². The minimum Gasteiger partial charge on any atom is -0.207 e. The van der Waals surface area contributed by atoms with Gasteiger partial charge in [0.05, 0.1) is 5.56 Å². The first kappa shape index (κ1) is 16.7. The molecule has 0 fully saturated rings. The molecule has 0 spiro atoms. The highest BCUT2D eigenvalue weighted by molar-refractivity contribution is 5.47. The van der Waals surface area contributed by atoms with E-state index in [9.17, 15) is 8.78 Å². The number of hydrogen-bond donors (Lipinski definition) is 0. The lowest BCUT2D eigenvalue weighted by Crippen LogP contribution is -2.16. The predicted molar refractivity (Wildman–Crippen MR) is 93.8 cm³/mol. The molecule has 1 atom stereocenters. The van der Waals surface area contributed by atoms with E-state index in [0.29, 0.717) is 17.0 Å². The van der Waals surface area contributed by atoms with Gasteiger partial charge in [-0.1, -0.05) is 44.1 Å². The zero-order valence-corrected chi connectivity index (χ0v) is 14.0. The highest BCUT2D eigenvalue weighted by Gasteiger charge is 2.22. The molecule has 0 aromatic heterocycles. The molecule has 1 unspecified atom stereocenters. The molecule has 0 heterocycles. The highest BCUT2D eigenvalue weighted by atomic mass is 19.1. The molecule has 2 heteroatoms. The van der Waals surface area contributed by atoms with Gasteiger partial charge in [-0.15, -0.1) is 0 Å². The summed E-state index contributed by atoms with van der Waals surface area (Å²) in [5.41, 5.74) is 3.11. The standard InChI is InChI=1S/C22H22F2/c1-2-3-4-17-8-14-21-19(15-17)11-10-18(22(21)24)9-5-16-6-12-20(23)13-7-16/h6-7,10-13,17H,2-4,8,14-15H2,1H3. The summed E-state index contributed by atoms with van der Waals surface area (Å²) in [6.07, 6.45) is 6.57. The monoisotopic (exact) mass is 324 g/mol. The van der Waals surface area contributed by atoms with E-state index >= 15 is 0 Å².